The number of nitriles is 1. The monoisotopic (exact) mass is 111 g/mol. The lowest BCUT2D eigenvalue weighted by Crippen LogP contribution is -2.38. The standard InChI is InChI=1S/C3H5N5/c4-1-2-8-6-3-5-7-8/h3,7H,2H2,(H,5,6). The fourth-order valence-electron chi connectivity index (χ4n) is 0.378. The molecule has 0 aromatic carbocycles. The molecule has 8 heavy (non-hydrogen) atoms. The fraction of sp³-hybridized carbons (Fsp3) is 0.333. The molecule has 0 amide bonds. The third-order valence-electron chi connectivity index (χ3n) is 0.685. The minimum absolute atomic E-state index is 0.278. The zero-order valence-corrected chi connectivity index (χ0v) is 4.13. The topological polar surface area (TPSA) is 63.5 Å². The molecule has 0 aromatic rings. The van der Waals surface area contributed by atoms with E-state index < -0.39 is 0 Å². The van der Waals surface area contributed by atoms with E-state index in [2.05, 4.69) is 16.1 Å². The third kappa shape index (κ3) is 0.859. The Morgan fingerprint density at radius 1 is 1.88 bits per heavy atom. The van der Waals surface area contributed by atoms with Gasteiger partial charge in [-0.05, 0) is 0 Å². The van der Waals surface area contributed by atoms with Gasteiger partial charge in [-0.25, -0.2) is 5.53 Å². The third-order valence-corrected chi connectivity index (χ3v) is 0.685. The molecule has 0 radical (unpaired) electrons. The van der Waals surface area contributed by atoms with Gasteiger partial charge >= 0.3 is 0 Å². The molecule has 0 bridgehead atoms. The Kier molecular flexibility index (Phi) is 1.30. The maximum absolute atomic E-state index is 8.10. The van der Waals surface area contributed by atoms with Gasteiger partial charge < -0.3 is 0 Å². The Hall–Kier alpha value is -1.28. The van der Waals surface area contributed by atoms with E-state index in [0.717, 1.165) is 0 Å². The van der Waals surface area contributed by atoms with Gasteiger partial charge in [-0.2, -0.15) is 10.4 Å². The van der Waals surface area contributed by atoms with Crippen molar-refractivity contribution in [3.63, 3.8) is 0 Å². The first-order valence-corrected chi connectivity index (χ1v) is 2.11. The Balaban J connectivity index is 2.22. The predicted molar refractivity (Wildman–Crippen MR) is 27.1 cm³/mol. The van der Waals surface area contributed by atoms with Crippen molar-refractivity contribution in [2.45, 2.75) is 0 Å². The summed E-state index contributed by atoms with van der Waals surface area (Å²) >= 11 is 0. The maximum Gasteiger partial charge on any atom is 0.127 e. The Labute approximate surface area is 46.5 Å². The molecule has 42 valence electrons. The van der Waals surface area contributed by atoms with Gasteiger partial charge in [0, 0.05) is 0 Å². The Morgan fingerprint density at radius 2 is 2.75 bits per heavy atom. The van der Waals surface area contributed by atoms with Crippen LogP contribution in [-0.2, 0) is 0 Å². The van der Waals surface area contributed by atoms with Crippen molar-refractivity contribution in [3.05, 3.63) is 0 Å². The van der Waals surface area contributed by atoms with Crippen LogP contribution >= 0.6 is 0 Å². The molecule has 5 nitrogen and oxygen atoms in total. The molecular weight excluding hydrogens is 106 g/mol. The highest BCUT2D eigenvalue weighted by Crippen LogP contribution is 1.76. The fourth-order valence-corrected chi connectivity index (χ4v) is 0.378. The van der Waals surface area contributed by atoms with Crippen molar-refractivity contribution in [1.29, 1.82) is 5.26 Å². The highest BCUT2D eigenvalue weighted by molar-refractivity contribution is 5.54. The Bertz CT molecular complexity index is 125. The number of nitrogens with zero attached hydrogens (tertiary/aromatic N) is 3. The van der Waals surface area contributed by atoms with Crippen molar-refractivity contribution in [2.75, 3.05) is 6.54 Å². The molecule has 1 heterocycles. The first-order valence-electron chi connectivity index (χ1n) is 2.11. The molecule has 5 heteroatoms. The summed E-state index contributed by atoms with van der Waals surface area (Å²) in [6.07, 6.45) is 1.47. The summed E-state index contributed by atoms with van der Waals surface area (Å²) in [5.74, 6) is 0. The van der Waals surface area contributed by atoms with Crippen LogP contribution in [0.4, 0.5) is 0 Å². The smallest absolute Gasteiger partial charge is 0.127 e. The molecule has 2 N–H and O–H groups in total. The van der Waals surface area contributed by atoms with Gasteiger partial charge in [0.2, 0.25) is 0 Å². The molecule has 0 atom stereocenters. The van der Waals surface area contributed by atoms with E-state index in [4.69, 9.17) is 5.26 Å². The van der Waals surface area contributed by atoms with Crippen LogP contribution < -0.4 is 11.0 Å². The van der Waals surface area contributed by atoms with E-state index in [9.17, 15) is 0 Å². The van der Waals surface area contributed by atoms with Gasteiger partial charge in [-0.3, -0.25) is 5.43 Å². The summed E-state index contributed by atoms with van der Waals surface area (Å²) < 4.78 is 0. The molecular formula is C3H5N5. The highest BCUT2D eigenvalue weighted by atomic mass is 15.8. The summed E-state index contributed by atoms with van der Waals surface area (Å²) in [7, 11) is 0. The lowest BCUT2D eigenvalue weighted by Gasteiger charge is -2.07. The van der Waals surface area contributed by atoms with Crippen LogP contribution in [-0.4, -0.2) is 18.0 Å². The van der Waals surface area contributed by atoms with Crippen molar-refractivity contribution in [3.8, 4) is 6.07 Å². The highest BCUT2D eigenvalue weighted by Gasteiger charge is 2.01. The molecule has 0 aliphatic carbocycles. The minimum Gasteiger partial charge on any atom is -0.288 e. The molecule has 1 aliphatic heterocycles. The lowest BCUT2D eigenvalue weighted by molar-refractivity contribution is 0.207. The van der Waals surface area contributed by atoms with Crippen LogP contribution in [0.3, 0.4) is 0 Å². The van der Waals surface area contributed by atoms with Gasteiger partial charge in [0.1, 0.15) is 12.9 Å². The van der Waals surface area contributed by atoms with Crippen LogP contribution in [0.15, 0.2) is 5.10 Å². The van der Waals surface area contributed by atoms with Crippen molar-refractivity contribution < 1.29 is 0 Å². The molecule has 1 rings (SSSR count). The second-order valence-corrected chi connectivity index (χ2v) is 1.23. The van der Waals surface area contributed by atoms with E-state index in [1.165, 1.54) is 11.5 Å². The first-order chi connectivity index (χ1) is 3.93. The number of hydrazone groups is 1. The first kappa shape index (κ1) is 4.87. The van der Waals surface area contributed by atoms with Crippen LogP contribution in [0.25, 0.3) is 0 Å². The number of nitrogens with one attached hydrogen (secondary N) is 2. The van der Waals surface area contributed by atoms with Crippen LogP contribution in [0.1, 0.15) is 0 Å². The molecule has 0 saturated heterocycles. The predicted octanol–water partition coefficient (Wildman–Crippen LogP) is -1.22. The zero-order valence-electron chi connectivity index (χ0n) is 4.13. The van der Waals surface area contributed by atoms with E-state index in [1.54, 1.807) is 0 Å². The van der Waals surface area contributed by atoms with E-state index >= 15 is 0 Å². The average molecular weight is 111 g/mol. The lowest BCUT2D eigenvalue weighted by atomic mass is 10.8. The van der Waals surface area contributed by atoms with E-state index in [0.29, 0.717) is 0 Å². The summed E-state index contributed by atoms with van der Waals surface area (Å²) in [4.78, 5) is 0. The number of hydrazine groups is 2. The number of hydrogen-bond acceptors (Lipinski definition) is 5. The normalized spacial score (nSPS) is 16.9. The molecule has 0 aromatic heterocycles. The Morgan fingerprint density at radius 3 is 3.25 bits per heavy atom. The molecule has 0 unspecified atom stereocenters. The molecule has 1 aliphatic rings. The van der Waals surface area contributed by atoms with Gasteiger partial charge in [-0.1, -0.05) is 0 Å². The van der Waals surface area contributed by atoms with Crippen molar-refractivity contribution in [2.24, 2.45) is 5.10 Å². The maximum atomic E-state index is 8.10. The van der Waals surface area contributed by atoms with Crippen molar-refractivity contribution in [1.82, 2.24) is 16.1 Å². The zero-order chi connectivity index (χ0) is 5.82. The number of rotatable bonds is 1. The molecule has 0 spiro atoms. The second-order valence-electron chi connectivity index (χ2n) is 1.23. The minimum atomic E-state index is 0.278. The summed E-state index contributed by atoms with van der Waals surface area (Å²) in [5, 5.41) is 13.1. The second kappa shape index (κ2) is 2.14. The summed E-state index contributed by atoms with van der Waals surface area (Å²) in [5.41, 5.74) is 5.19. The SMILES string of the molecule is N#CCN1NC=NN1. The number of hydrogen-bond donors (Lipinski definition) is 2. The quantitative estimate of drug-likeness (QED) is 0.416. The summed E-state index contributed by atoms with van der Waals surface area (Å²) in [6, 6.07) is 1.93. The van der Waals surface area contributed by atoms with Gasteiger partial charge in [0.05, 0.1) is 6.07 Å². The van der Waals surface area contributed by atoms with Gasteiger partial charge in [0.15, 0.2) is 0 Å². The van der Waals surface area contributed by atoms with Crippen LogP contribution in [0.5, 0.6) is 0 Å². The largest absolute Gasteiger partial charge is 0.288 e. The van der Waals surface area contributed by atoms with Gasteiger partial charge in [0.25, 0.3) is 0 Å². The van der Waals surface area contributed by atoms with Gasteiger partial charge in [-0.15, -0.1) is 5.12 Å². The van der Waals surface area contributed by atoms with E-state index in [-0.39, 0.29) is 6.54 Å². The average Bonchev–Trinajstić information content (AvgIpc) is 2.19. The molecule has 0 fully saturated rings. The van der Waals surface area contributed by atoms with Crippen LogP contribution in [0, 0.1) is 11.3 Å². The van der Waals surface area contributed by atoms with Crippen LogP contribution in [0.2, 0.25) is 0 Å². The molecule has 0 saturated carbocycles. The van der Waals surface area contributed by atoms with Crippen molar-refractivity contribution >= 4 is 6.34 Å². The summed E-state index contributed by atoms with van der Waals surface area (Å²) in [6.45, 7) is 0.278. The van der Waals surface area contributed by atoms with E-state index in [1.807, 2.05) is 6.07 Å².